The van der Waals surface area contributed by atoms with Crippen molar-refractivity contribution in [3.63, 3.8) is 0 Å². The summed E-state index contributed by atoms with van der Waals surface area (Å²) in [6, 6.07) is 12.6. The standard InChI is InChI=1S/C21H26ClN3O6S/c1-15(2)12-25(13-20(26)24-28)32(29,30)19-8-6-18(7-9-19)31-14-21(27)23-11-16-4-3-5-17(22)10-16/h3-10,15,28H,11-14H2,1-2H3,(H,23,27)(H,24,26). The lowest BCUT2D eigenvalue weighted by Crippen LogP contribution is -2.41. The van der Waals surface area contributed by atoms with Gasteiger partial charge in [-0.25, -0.2) is 13.9 Å². The smallest absolute Gasteiger partial charge is 0.258 e. The van der Waals surface area contributed by atoms with Gasteiger partial charge in [0, 0.05) is 18.1 Å². The van der Waals surface area contributed by atoms with Crippen LogP contribution in [0.4, 0.5) is 0 Å². The average Bonchev–Trinajstić information content (AvgIpc) is 2.75. The Morgan fingerprint density at radius 3 is 2.41 bits per heavy atom. The van der Waals surface area contributed by atoms with Crippen LogP contribution in [0.3, 0.4) is 0 Å². The van der Waals surface area contributed by atoms with Crippen LogP contribution in [0.2, 0.25) is 5.02 Å². The summed E-state index contributed by atoms with van der Waals surface area (Å²) in [6.45, 7) is 3.26. The number of carbonyl (C=O) groups excluding carboxylic acids is 2. The highest BCUT2D eigenvalue weighted by molar-refractivity contribution is 7.89. The van der Waals surface area contributed by atoms with Crippen molar-refractivity contribution >= 4 is 33.4 Å². The molecule has 0 unspecified atom stereocenters. The van der Waals surface area contributed by atoms with Crippen LogP contribution in [-0.4, -0.2) is 49.4 Å². The van der Waals surface area contributed by atoms with Crippen LogP contribution in [0, 0.1) is 5.92 Å². The molecule has 174 valence electrons. The molecule has 0 bridgehead atoms. The summed E-state index contributed by atoms with van der Waals surface area (Å²) >= 11 is 5.91. The molecule has 2 aromatic rings. The molecule has 0 saturated carbocycles. The highest BCUT2D eigenvalue weighted by Gasteiger charge is 2.27. The fourth-order valence-corrected chi connectivity index (χ4v) is 4.53. The van der Waals surface area contributed by atoms with E-state index in [2.05, 4.69) is 5.32 Å². The Kier molecular flexibility index (Phi) is 9.45. The van der Waals surface area contributed by atoms with Crippen molar-refractivity contribution in [3.05, 3.63) is 59.1 Å². The molecule has 32 heavy (non-hydrogen) atoms. The van der Waals surface area contributed by atoms with Gasteiger partial charge < -0.3 is 10.1 Å². The zero-order valence-electron chi connectivity index (χ0n) is 17.7. The van der Waals surface area contributed by atoms with E-state index in [-0.39, 0.29) is 29.9 Å². The van der Waals surface area contributed by atoms with Gasteiger partial charge in [0.05, 0.1) is 11.4 Å². The minimum atomic E-state index is -3.98. The Morgan fingerprint density at radius 1 is 1.12 bits per heavy atom. The maximum absolute atomic E-state index is 12.9. The molecule has 2 aromatic carbocycles. The molecule has 0 saturated heterocycles. The normalized spacial score (nSPS) is 11.4. The topological polar surface area (TPSA) is 125 Å². The van der Waals surface area contributed by atoms with E-state index in [1.807, 2.05) is 19.9 Å². The SMILES string of the molecule is CC(C)CN(CC(=O)NO)S(=O)(=O)c1ccc(OCC(=O)NCc2cccc(Cl)c2)cc1. The Balaban J connectivity index is 1.97. The molecule has 9 nitrogen and oxygen atoms in total. The molecule has 11 heteroatoms. The summed E-state index contributed by atoms with van der Waals surface area (Å²) in [7, 11) is -3.98. The number of hydrogen-bond donors (Lipinski definition) is 3. The Hall–Kier alpha value is -2.66. The number of sulfonamides is 1. The second-order valence-corrected chi connectivity index (χ2v) is 9.77. The van der Waals surface area contributed by atoms with Gasteiger partial charge in [0.2, 0.25) is 10.0 Å². The summed E-state index contributed by atoms with van der Waals surface area (Å²) < 4.78 is 32.2. The number of carbonyl (C=O) groups is 2. The summed E-state index contributed by atoms with van der Waals surface area (Å²) in [4.78, 5) is 23.5. The molecule has 3 N–H and O–H groups in total. The number of amides is 2. The van der Waals surface area contributed by atoms with E-state index < -0.39 is 22.5 Å². The van der Waals surface area contributed by atoms with Gasteiger partial charge in [-0.3, -0.25) is 14.8 Å². The zero-order valence-corrected chi connectivity index (χ0v) is 19.3. The lowest BCUT2D eigenvalue weighted by atomic mass is 10.2. The number of halogens is 1. The molecular weight excluding hydrogens is 458 g/mol. The van der Waals surface area contributed by atoms with Gasteiger partial charge in [-0.15, -0.1) is 0 Å². The predicted octanol–water partition coefficient (Wildman–Crippen LogP) is 2.19. The first-order valence-electron chi connectivity index (χ1n) is 9.79. The molecule has 0 radical (unpaired) electrons. The minimum absolute atomic E-state index is 0.0377. The maximum Gasteiger partial charge on any atom is 0.258 e. The third-order valence-corrected chi connectivity index (χ3v) is 6.28. The molecule has 0 aliphatic carbocycles. The van der Waals surface area contributed by atoms with Crippen LogP contribution in [0.1, 0.15) is 19.4 Å². The van der Waals surface area contributed by atoms with Crippen LogP contribution in [0.5, 0.6) is 5.75 Å². The van der Waals surface area contributed by atoms with Crippen LogP contribution in [0.25, 0.3) is 0 Å². The third kappa shape index (κ3) is 7.79. The number of hydrogen-bond acceptors (Lipinski definition) is 6. The highest BCUT2D eigenvalue weighted by Crippen LogP contribution is 2.20. The van der Waals surface area contributed by atoms with Gasteiger partial charge in [-0.1, -0.05) is 37.6 Å². The van der Waals surface area contributed by atoms with Crippen molar-refractivity contribution in [2.24, 2.45) is 5.92 Å². The van der Waals surface area contributed by atoms with Crippen molar-refractivity contribution in [1.82, 2.24) is 15.1 Å². The molecule has 2 amide bonds. The van der Waals surface area contributed by atoms with Crippen LogP contribution < -0.4 is 15.5 Å². The summed E-state index contributed by atoms with van der Waals surface area (Å²) in [5, 5.41) is 12.0. The van der Waals surface area contributed by atoms with Gasteiger partial charge in [0.25, 0.3) is 11.8 Å². The van der Waals surface area contributed by atoms with Gasteiger partial charge in [0.15, 0.2) is 6.61 Å². The Morgan fingerprint density at radius 2 is 1.81 bits per heavy atom. The average molecular weight is 484 g/mol. The maximum atomic E-state index is 12.9. The van der Waals surface area contributed by atoms with Gasteiger partial charge >= 0.3 is 0 Å². The molecule has 0 spiro atoms. The zero-order chi connectivity index (χ0) is 23.7. The van der Waals surface area contributed by atoms with E-state index >= 15 is 0 Å². The second kappa shape index (κ2) is 11.8. The van der Waals surface area contributed by atoms with Gasteiger partial charge in [-0.05, 0) is 47.9 Å². The van der Waals surface area contributed by atoms with E-state index in [1.54, 1.807) is 18.2 Å². The van der Waals surface area contributed by atoms with E-state index in [1.165, 1.54) is 29.7 Å². The van der Waals surface area contributed by atoms with Crippen molar-refractivity contribution in [3.8, 4) is 5.75 Å². The molecular formula is C21H26ClN3O6S. The second-order valence-electron chi connectivity index (χ2n) is 7.39. The molecule has 0 aromatic heterocycles. The number of nitrogens with one attached hydrogen (secondary N) is 2. The molecule has 0 atom stereocenters. The van der Waals surface area contributed by atoms with E-state index in [9.17, 15) is 18.0 Å². The fourth-order valence-electron chi connectivity index (χ4n) is 2.75. The molecule has 0 fully saturated rings. The summed E-state index contributed by atoms with van der Waals surface area (Å²) in [5.74, 6) is -0.910. The third-order valence-electron chi connectivity index (χ3n) is 4.22. The van der Waals surface area contributed by atoms with Crippen LogP contribution >= 0.6 is 11.6 Å². The fraction of sp³-hybridized carbons (Fsp3) is 0.333. The largest absolute Gasteiger partial charge is 0.484 e. The first-order valence-corrected chi connectivity index (χ1v) is 11.6. The Labute approximate surface area is 192 Å². The number of nitrogens with zero attached hydrogens (tertiary/aromatic N) is 1. The first kappa shape index (κ1) is 25.6. The van der Waals surface area contributed by atoms with E-state index in [0.29, 0.717) is 17.3 Å². The monoisotopic (exact) mass is 483 g/mol. The summed E-state index contributed by atoms with van der Waals surface area (Å²) in [6.07, 6.45) is 0. The number of rotatable bonds is 11. The van der Waals surface area contributed by atoms with Crippen molar-refractivity contribution in [1.29, 1.82) is 0 Å². The lowest BCUT2D eigenvalue weighted by molar-refractivity contribution is -0.129. The van der Waals surface area contributed by atoms with Crippen LogP contribution in [0.15, 0.2) is 53.4 Å². The predicted molar refractivity (Wildman–Crippen MR) is 119 cm³/mol. The number of benzene rings is 2. The number of ether oxygens (including phenoxy) is 1. The lowest BCUT2D eigenvalue weighted by Gasteiger charge is -2.23. The molecule has 2 rings (SSSR count). The highest BCUT2D eigenvalue weighted by atomic mass is 35.5. The minimum Gasteiger partial charge on any atom is -0.484 e. The van der Waals surface area contributed by atoms with Crippen molar-refractivity contribution in [2.75, 3.05) is 19.7 Å². The molecule has 0 aliphatic rings. The summed E-state index contributed by atoms with van der Waals surface area (Å²) in [5.41, 5.74) is 2.29. The number of hydroxylamine groups is 1. The van der Waals surface area contributed by atoms with Crippen molar-refractivity contribution < 1.29 is 28.0 Å². The molecule has 0 heterocycles. The Bertz CT molecular complexity index is 1030. The quantitative estimate of drug-likeness (QED) is 0.332. The molecule has 0 aliphatic heterocycles. The van der Waals surface area contributed by atoms with Gasteiger partial charge in [-0.2, -0.15) is 4.31 Å². The van der Waals surface area contributed by atoms with E-state index in [4.69, 9.17) is 21.5 Å². The van der Waals surface area contributed by atoms with Crippen molar-refractivity contribution in [2.45, 2.75) is 25.3 Å². The van der Waals surface area contributed by atoms with E-state index in [0.717, 1.165) is 9.87 Å². The first-order chi connectivity index (χ1) is 15.1. The van der Waals surface area contributed by atoms with Gasteiger partial charge in [0.1, 0.15) is 5.75 Å². The van der Waals surface area contributed by atoms with Crippen LogP contribution in [-0.2, 0) is 26.2 Å².